The van der Waals surface area contributed by atoms with Crippen molar-refractivity contribution in [3.05, 3.63) is 12.8 Å². The fourth-order valence-corrected chi connectivity index (χ4v) is 0.246. The Morgan fingerprint density at radius 2 is 2.00 bits per heavy atom. The zero-order valence-electron chi connectivity index (χ0n) is 5.61. The lowest BCUT2D eigenvalue weighted by atomic mass is 10.5. The molecule has 0 aromatic heterocycles. The Labute approximate surface area is 51.3 Å². The van der Waals surface area contributed by atoms with Crippen molar-refractivity contribution >= 4 is 0 Å². The molecule has 0 saturated heterocycles. The molecular weight excluding hydrogens is 102 g/mol. The third-order valence-corrected chi connectivity index (χ3v) is 0.539. The van der Waals surface area contributed by atoms with Crippen LogP contribution in [0, 0.1) is 0 Å². The van der Waals surface area contributed by atoms with Gasteiger partial charge in [0.1, 0.15) is 0 Å². The van der Waals surface area contributed by atoms with E-state index in [1.165, 1.54) is 6.42 Å². The molecule has 0 unspecified atom stereocenters. The quantitative estimate of drug-likeness (QED) is 0.492. The van der Waals surface area contributed by atoms with Crippen molar-refractivity contribution < 1.29 is 0 Å². The Balaban J connectivity index is -0.000000125. The van der Waals surface area contributed by atoms with Crippen molar-refractivity contribution in [3.8, 4) is 0 Å². The molecular formula is C5H17N3. The summed E-state index contributed by atoms with van der Waals surface area (Å²) in [5.74, 6) is 0. The lowest BCUT2D eigenvalue weighted by Crippen LogP contribution is -2.03. The molecule has 0 aromatic rings. The summed E-state index contributed by atoms with van der Waals surface area (Å²) < 4.78 is 0. The normalized spacial score (nSPS) is 5.62. The van der Waals surface area contributed by atoms with Gasteiger partial charge in [0.25, 0.3) is 0 Å². The fraction of sp³-hybridized carbons (Fsp3) is 0.600. The van der Waals surface area contributed by atoms with Crippen molar-refractivity contribution in [2.24, 2.45) is 0 Å². The molecule has 7 N–H and O–H groups in total. The summed E-state index contributed by atoms with van der Waals surface area (Å²) in [6, 6.07) is 0. The highest BCUT2D eigenvalue weighted by Crippen LogP contribution is 1.65. The number of nitrogens with one attached hydrogen (secondary N) is 1. The molecule has 0 radical (unpaired) electrons. The maximum atomic E-state index is 3.49. The summed E-state index contributed by atoms with van der Waals surface area (Å²) in [5, 5.41) is 2.96. The predicted octanol–water partition coefficient (Wildman–Crippen LogP) is 1.45. The molecule has 0 spiro atoms. The molecule has 0 aliphatic heterocycles. The van der Waals surface area contributed by atoms with Crippen LogP contribution in [-0.4, -0.2) is 6.54 Å². The molecule has 3 nitrogen and oxygen atoms in total. The maximum absolute atomic E-state index is 3.49. The van der Waals surface area contributed by atoms with E-state index in [0.717, 1.165) is 6.54 Å². The maximum Gasteiger partial charge on any atom is 0.0138 e. The molecule has 8 heavy (non-hydrogen) atoms. The monoisotopic (exact) mass is 119 g/mol. The van der Waals surface area contributed by atoms with E-state index in [9.17, 15) is 0 Å². The molecule has 0 fully saturated rings. The first-order chi connectivity index (χ1) is 2.91. The van der Waals surface area contributed by atoms with Gasteiger partial charge >= 0.3 is 0 Å². The topological polar surface area (TPSA) is 82.0 Å². The highest BCUT2D eigenvalue weighted by atomic mass is 14.8. The fourth-order valence-electron chi connectivity index (χ4n) is 0.246. The lowest BCUT2D eigenvalue weighted by Gasteiger charge is -1.89. The molecule has 52 valence electrons. The Kier molecular flexibility index (Phi) is 31.5. The smallest absolute Gasteiger partial charge is 0.0138 e. The minimum absolute atomic E-state index is 0. The van der Waals surface area contributed by atoms with Crippen LogP contribution in [0.4, 0.5) is 0 Å². The van der Waals surface area contributed by atoms with E-state index >= 15 is 0 Å². The van der Waals surface area contributed by atoms with Crippen molar-refractivity contribution in [2.45, 2.75) is 13.3 Å². The first-order valence-corrected chi connectivity index (χ1v) is 2.26. The summed E-state index contributed by atoms with van der Waals surface area (Å²) in [7, 11) is 0. The first kappa shape index (κ1) is 15.7. The summed E-state index contributed by atoms with van der Waals surface area (Å²) in [6.45, 7) is 6.65. The zero-order chi connectivity index (χ0) is 4.83. The van der Waals surface area contributed by atoms with E-state index in [4.69, 9.17) is 0 Å². The number of rotatable bonds is 3. The van der Waals surface area contributed by atoms with E-state index in [-0.39, 0.29) is 12.3 Å². The number of hydrogen-bond donors (Lipinski definition) is 3. The molecule has 0 amide bonds. The van der Waals surface area contributed by atoms with Crippen LogP contribution in [0.15, 0.2) is 12.8 Å². The van der Waals surface area contributed by atoms with Crippen LogP contribution in [0.3, 0.4) is 0 Å². The van der Waals surface area contributed by atoms with Gasteiger partial charge in [-0.3, -0.25) is 0 Å². The van der Waals surface area contributed by atoms with E-state index in [1.54, 1.807) is 6.20 Å². The second-order valence-electron chi connectivity index (χ2n) is 1.16. The summed E-state index contributed by atoms with van der Waals surface area (Å²) in [5.41, 5.74) is 0. The van der Waals surface area contributed by atoms with Gasteiger partial charge in [0.2, 0.25) is 0 Å². The van der Waals surface area contributed by atoms with Crippen molar-refractivity contribution in [2.75, 3.05) is 6.54 Å². The van der Waals surface area contributed by atoms with Gasteiger partial charge in [-0.2, -0.15) is 0 Å². The molecule has 0 aliphatic rings. The summed E-state index contributed by atoms with van der Waals surface area (Å²) >= 11 is 0. The van der Waals surface area contributed by atoms with Gasteiger partial charge in [0, 0.05) is 6.54 Å². The van der Waals surface area contributed by atoms with E-state index in [2.05, 4.69) is 18.8 Å². The van der Waals surface area contributed by atoms with E-state index in [0.29, 0.717) is 0 Å². The minimum atomic E-state index is 0. The molecule has 0 bridgehead atoms. The third kappa shape index (κ3) is 17.9. The molecule has 0 rings (SSSR count). The minimum Gasteiger partial charge on any atom is -0.391 e. The Bertz CT molecular complexity index is 36.7. The number of hydrogen-bond acceptors (Lipinski definition) is 3. The molecule has 0 saturated carbocycles. The van der Waals surface area contributed by atoms with Crippen LogP contribution in [0.5, 0.6) is 0 Å². The predicted molar refractivity (Wildman–Crippen MR) is 38.5 cm³/mol. The van der Waals surface area contributed by atoms with E-state index in [1.807, 2.05) is 0 Å². The summed E-state index contributed by atoms with van der Waals surface area (Å²) in [6.07, 6.45) is 2.88. The summed E-state index contributed by atoms with van der Waals surface area (Å²) in [4.78, 5) is 0. The average Bonchev–Trinajstić information content (AvgIpc) is 1.61. The highest BCUT2D eigenvalue weighted by Gasteiger charge is 1.66. The Morgan fingerprint density at radius 3 is 2.12 bits per heavy atom. The van der Waals surface area contributed by atoms with Crippen LogP contribution >= 0.6 is 0 Å². The highest BCUT2D eigenvalue weighted by molar-refractivity contribution is 4.60. The van der Waals surface area contributed by atoms with Crippen molar-refractivity contribution in [1.29, 1.82) is 0 Å². The van der Waals surface area contributed by atoms with Gasteiger partial charge in [-0.15, -0.1) is 0 Å². The average molecular weight is 119 g/mol. The van der Waals surface area contributed by atoms with Gasteiger partial charge < -0.3 is 17.6 Å². The Hall–Kier alpha value is -0.540. The van der Waals surface area contributed by atoms with Crippen LogP contribution in [0.2, 0.25) is 0 Å². The standard InChI is InChI=1S/C5H11N.2H3N/c1-3-5-6-4-2;;/h4,6H,2-3,5H2,1H3;2*1H3. The molecule has 3 heteroatoms. The molecule has 0 heterocycles. The van der Waals surface area contributed by atoms with E-state index < -0.39 is 0 Å². The molecule has 0 aliphatic carbocycles. The second-order valence-corrected chi connectivity index (χ2v) is 1.16. The van der Waals surface area contributed by atoms with Crippen molar-refractivity contribution in [3.63, 3.8) is 0 Å². The lowest BCUT2D eigenvalue weighted by molar-refractivity contribution is 0.811. The second kappa shape index (κ2) is 16.1. The van der Waals surface area contributed by atoms with Crippen LogP contribution in [-0.2, 0) is 0 Å². The zero-order valence-corrected chi connectivity index (χ0v) is 5.61. The SMILES string of the molecule is C=CNCCC.N.N. The Morgan fingerprint density at radius 1 is 1.50 bits per heavy atom. The van der Waals surface area contributed by atoms with Gasteiger partial charge in [-0.25, -0.2) is 0 Å². The van der Waals surface area contributed by atoms with Gasteiger partial charge in [0.15, 0.2) is 0 Å². The van der Waals surface area contributed by atoms with Gasteiger partial charge in [-0.05, 0) is 12.6 Å². The third-order valence-electron chi connectivity index (χ3n) is 0.539. The van der Waals surface area contributed by atoms with Crippen molar-refractivity contribution in [1.82, 2.24) is 17.6 Å². The van der Waals surface area contributed by atoms with Gasteiger partial charge in [0.05, 0.1) is 0 Å². The van der Waals surface area contributed by atoms with Crippen LogP contribution in [0.25, 0.3) is 0 Å². The van der Waals surface area contributed by atoms with Gasteiger partial charge in [-0.1, -0.05) is 13.5 Å². The largest absolute Gasteiger partial charge is 0.391 e. The molecule has 0 aromatic carbocycles. The van der Waals surface area contributed by atoms with Crippen LogP contribution < -0.4 is 17.6 Å². The first-order valence-electron chi connectivity index (χ1n) is 2.26. The molecule has 0 atom stereocenters. The van der Waals surface area contributed by atoms with Crippen LogP contribution in [0.1, 0.15) is 13.3 Å².